The zero-order valence-corrected chi connectivity index (χ0v) is 18.5. The first-order chi connectivity index (χ1) is 13.6. The molecule has 1 atom stereocenters. The summed E-state index contributed by atoms with van der Waals surface area (Å²) < 4.78 is 31.8. The van der Waals surface area contributed by atoms with Crippen LogP contribution >= 0.6 is 0 Å². The van der Waals surface area contributed by atoms with Gasteiger partial charge in [0.2, 0.25) is 10.0 Å². The molecule has 29 heavy (non-hydrogen) atoms. The summed E-state index contributed by atoms with van der Waals surface area (Å²) in [5.74, 6) is 0.0849. The quantitative estimate of drug-likeness (QED) is 0.644. The first-order valence-electron chi connectivity index (χ1n) is 9.83. The zero-order valence-electron chi connectivity index (χ0n) is 17.7. The lowest BCUT2D eigenvalue weighted by molar-refractivity contribution is 0.468. The van der Waals surface area contributed by atoms with Crippen LogP contribution in [0.5, 0.6) is 0 Å². The van der Waals surface area contributed by atoms with Crippen molar-refractivity contribution in [3.05, 3.63) is 63.6 Å². The highest BCUT2D eigenvalue weighted by atomic mass is 32.2. The van der Waals surface area contributed by atoms with E-state index in [1.165, 1.54) is 0 Å². The van der Waals surface area contributed by atoms with Gasteiger partial charge < -0.3 is 0 Å². The molecule has 2 aromatic carbocycles. The largest absolute Gasteiger partial charge is 0.328 e. The Balaban J connectivity index is 1.69. The second-order valence-corrected chi connectivity index (χ2v) is 9.66. The van der Waals surface area contributed by atoms with E-state index in [1.807, 2.05) is 64.1 Å². The van der Waals surface area contributed by atoms with Crippen molar-refractivity contribution in [1.29, 1.82) is 0 Å². The molecule has 0 saturated carbocycles. The van der Waals surface area contributed by atoms with Gasteiger partial charge in [0, 0.05) is 20.1 Å². The summed E-state index contributed by atoms with van der Waals surface area (Å²) in [6, 6.07) is 11.5. The fraction of sp³-hybridized carbons (Fsp3) is 0.409. The fourth-order valence-corrected chi connectivity index (χ4v) is 5.56. The van der Waals surface area contributed by atoms with Crippen molar-refractivity contribution in [2.75, 3.05) is 6.54 Å². The summed E-state index contributed by atoms with van der Waals surface area (Å²) in [4.78, 5) is 12.9. The Kier molecular flexibility index (Phi) is 6.00. The third-order valence-electron chi connectivity index (χ3n) is 5.39. The first kappa shape index (κ1) is 21.3. The predicted molar refractivity (Wildman–Crippen MR) is 117 cm³/mol. The molecule has 6 nitrogen and oxygen atoms in total. The van der Waals surface area contributed by atoms with Crippen LogP contribution < -0.4 is 10.4 Å². The van der Waals surface area contributed by atoms with Crippen LogP contribution in [-0.4, -0.2) is 24.1 Å². The molecular formula is C22H29N3O3S. The Labute approximate surface area is 172 Å². The lowest BCUT2D eigenvalue weighted by atomic mass is 10.1. The van der Waals surface area contributed by atoms with E-state index < -0.39 is 10.0 Å². The Hall–Kier alpha value is -2.38. The Morgan fingerprint density at radius 2 is 1.62 bits per heavy atom. The molecular weight excluding hydrogens is 386 g/mol. The third-order valence-corrected chi connectivity index (χ3v) is 7.12. The molecule has 0 spiro atoms. The van der Waals surface area contributed by atoms with E-state index in [-0.39, 0.29) is 11.6 Å². The number of hydrogen-bond donors (Lipinski definition) is 1. The van der Waals surface area contributed by atoms with Crippen LogP contribution in [0.1, 0.15) is 30.0 Å². The van der Waals surface area contributed by atoms with Crippen molar-refractivity contribution >= 4 is 21.1 Å². The minimum absolute atomic E-state index is 0.0510. The number of aryl methyl sites for hydroxylation is 5. The number of rotatable bonds is 7. The number of benzene rings is 2. The highest BCUT2D eigenvalue weighted by Crippen LogP contribution is 2.22. The van der Waals surface area contributed by atoms with Gasteiger partial charge in [-0.15, -0.1) is 0 Å². The van der Waals surface area contributed by atoms with Crippen LogP contribution in [0.2, 0.25) is 0 Å². The topological polar surface area (TPSA) is 73.1 Å². The maximum Gasteiger partial charge on any atom is 0.328 e. The molecule has 3 rings (SSSR count). The average molecular weight is 416 g/mol. The monoisotopic (exact) mass is 415 g/mol. The lowest BCUT2D eigenvalue weighted by Gasteiger charge is -2.16. The van der Waals surface area contributed by atoms with E-state index in [0.29, 0.717) is 24.4 Å². The van der Waals surface area contributed by atoms with E-state index in [2.05, 4.69) is 4.72 Å². The highest BCUT2D eigenvalue weighted by Gasteiger charge is 2.20. The van der Waals surface area contributed by atoms with Crippen LogP contribution in [0, 0.1) is 26.7 Å². The number of hydrogen-bond acceptors (Lipinski definition) is 3. The van der Waals surface area contributed by atoms with Gasteiger partial charge in [0.25, 0.3) is 0 Å². The van der Waals surface area contributed by atoms with Crippen molar-refractivity contribution in [2.45, 2.75) is 45.6 Å². The van der Waals surface area contributed by atoms with Gasteiger partial charge in [0.05, 0.1) is 15.9 Å². The SMILES string of the molecule is Cc1cc(C)c(S(=O)(=O)NCC(C)CCn2c(=O)n(C)c3ccccc32)c(C)c1. The smallest absolute Gasteiger partial charge is 0.295 e. The van der Waals surface area contributed by atoms with Gasteiger partial charge in [-0.05, 0) is 56.4 Å². The van der Waals surface area contributed by atoms with E-state index in [0.717, 1.165) is 27.7 Å². The molecule has 0 aliphatic rings. The Morgan fingerprint density at radius 1 is 1.03 bits per heavy atom. The first-order valence-corrected chi connectivity index (χ1v) is 11.3. The summed E-state index contributed by atoms with van der Waals surface area (Å²) in [6.45, 7) is 8.48. The van der Waals surface area contributed by atoms with Gasteiger partial charge >= 0.3 is 5.69 Å². The molecule has 1 heterocycles. The van der Waals surface area contributed by atoms with Gasteiger partial charge in [-0.3, -0.25) is 9.13 Å². The minimum atomic E-state index is -3.58. The summed E-state index contributed by atoms with van der Waals surface area (Å²) in [7, 11) is -1.81. The molecule has 0 aliphatic heterocycles. The maximum atomic E-state index is 12.8. The predicted octanol–water partition coefficient (Wildman–Crippen LogP) is 3.27. The fourth-order valence-electron chi connectivity index (χ4n) is 3.95. The third kappa shape index (κ3) is 4.31. The summed E-state index contributed by atoms with van der Waals surface area (Å²) in [6.07, 6.45) is 0.697. The van der Waals surface area contributed by atoms with Crippen molar-refractivity contribution in [3.8, 4) is 0 Å². The normalized spacial score (nSPS) is 13.1. The molecule has 1 aromatic heterocycles. The second-order valence-electron chi connectivity index (χ2n) is 7.96. The average Bonchev–Trinajstić information content (AvgIpc) is 2.88. The van der Waals surface area contributed by atoms with Crippen LogP contribution in [0.3, 0.4) is 0 Å². The summed E-state index contributed by atoms with van der Waals surface area (Å²) >= 11 is 0. The second kappa shape index (κ2) is 8.16. The number of imidazole rings is 1. The summed E-state index contributed by atoms with van der Waals surface area (Å²) in [5.41, 5.74) is 4.31. The van der Waals surface area contributed by atoms with Crippen molar-refractivity contribution < 1.29 is 8.42 Å². The van der Waals surface area contributed by atoms with Crippen molar-refractivity contribution in [2.24, 2.45) is 13.0 Å². The van der Waals surface area contributed by atoms with Crippen LogP contribution in [-0.2, 0) is 23.6 Å². The van der Waals surface area contributed by atoms with E-state index >= 15 is 0 Å². The standard InChI is InChI=1S/C22H29N3O3S/c1-15(10-11-25-20-9-7-6-8-19(20)24(5)22(25)26)14-23-29(27,28)21-17(3)12-16(2)13-18(21)4/h6-9,12-13,15,23H,10-11,14H2,1-5H3. The summed E-state index contributed by atoms with van der Waals surface area (Å²) in [5, 5.41) is 0. The molecule has 0 fully saturated rings. The molecule has 156 valence electrons. The molecule has 0 aliphatic carbocycles. The number of aromatic nitrogens is 2. The van der Waals surface area contributed by atoms with Gasteiger partial charge in [-0.25, -0.2) is 17.9 Å². The number of nitrogens with one attached hydrogen (secondary N) is 1. The molecule has 0 amide bonds. The van der Waals surface area contributed by atoms with Gasteiger partial charge in [-0.2, -0.15) is 0 Å². The number of fused-ring (bicyclic) bond motifs is 1. The molecule has 0 bridgehead atoms. The van der Waals surface area contributed by atoms with Crippen molar-refractivity contribution in [1.82, 2.24) is 13.9 Å². The number of sulfonamides is 1. The number of para-hydroxylation sites is 2. The molecule has 1 unspecified atom stereocenters. The Morgan fingerprint density at radius 3 is 2.24 bits per heavy atom. The van der Waals surface area contributed by atoms with Crippen LogP contribution in [0.15, 0.2) is 46.1 Å². The Bertz CT molecular complexity index is 1180. The van der Waals surface area contributed by atoms with Gasteiger partial charge in [-0.1, -0.05) is 36.8 Å². The van der Waals surface area contributed by atoms with E-state index in [4.69, 9.17) is 0 Å². The zero-order chi connectivity index (χ0) is 21.3. The van der Waals surface area contributed by atoms with Gasteiger partial charge in [0.1, 0.15) is 0 Å². The molecule has 0 saturated heterocycles. The van der Waals surface area contributed by atoms with E-state index in [9.17, 15) is 13.2 Å². The molecule has 0 radical (unpaired) electrons. The van der Waals surface area contributed by atoms with Crippen molar-refractivity contribution in [3.63, 3.8) is 0 Å². The highest BCUT2D eigenvalue weighted by molar-refractivity contribution is 7.89. The maximum absolute atomic E-state index is 12.8. The van der Waals surface area contributed by atoms with E-state index in [1.54, 1.807) is 16.2 Å². The van der Waals surface area contributed by atoms with Crippen LogP contribution in [0.4, 0.5) is 0 Å². The van der Waals surface area contributed by atoms with Gasteiger partial charge in [0.15, 0.2) is 0 Å². The molecule has 3 aromatic rings. The number of nitrogens with zero attached hydrogens (tertiary/aromatic N) is 2. The molecule has 1 N–H and O–H groups in total. The minimum Gasteiger partial charge on any atom is -0.295 e. The molecule has 7 heteroatoms. The van der Waals surface area contributed by atoms with Crippen LogP contribution in [0.25, 0.3) is 11.0 Å². The lowest BCUT2D eigenvalue weighted by Crippen LogP contribution is -2.30.